The number of benzene rings is 1. The van der Waals surface area contributed by atoms with Crippen molar-refractivity contribution >= 4 is 38.8 Å². The minimum atomic E-state index is -0.973. The lowest BCUT2D eigenvalue weighted by Gasteiger charge is -2.26. The van der Waals surface area contributed by atoms with Gasteiger partial charge in [-0.25, -0.2) is 0 Å². The predicted octanol–water partition coefficient (Wildman–Crippen LogP) is 2.56. The van der Waals surface area contributed by atoms with E-state index in [-0.39, 0.29) is 18.8 Å². The Morgan fingerprint density at radius 1 is 1.36 bits per heavy atom. The van der Waals surface area contributed by atoms with Gasteiger partial charge in [-0.3, -0.25) is 9.59 Å². The van der Waals surface area contributed by atoms with Crippen LogP contribution in [0.5, 0.6) is 0 Å². The molecule has 1 saturated heterocycles. The summed E-state index contributed by atoms with van der Waals surface area (Å²) in [6.07, 6.45) is 0.293. The van der Waals surface area contributed by atoms with Crippen molar-refractivity contribution in [3.05, 3.63) is 34.5 Å². The molecule has 0 bridgehead atoms. The van der Waals surface area contributed by atoms with Gasteiger partial charge in [0.1, 0.15) is 5.58 Å². The number of hydrogen-bond donors (Lipinski definition) is 2. The van der Waals surface area contributed by atoms with Crippen LogP contribution in [0.25, 0.3) is 11.0 Å². The molecule has 1 atom stereocenters. The zero-order valence-electron chi connectivity index (χ0n) is 11.6. The molecule has 1 amide bonds. The van der Waals surface area contributed by atoms with E-state index in [9.17, 15) is 9.59 Å². The van der Waals surface area contributed by atoms with E-state index in [2.05, 4.69) is 21.2 Å². The van der Waals surface area contributed by atoms with Crippen LogP contribution >= 0.6 is 15.9 Å². The Bertz CT molecular complexity index is 733. The fourth-order valence-corrected chi connectivity index (χ4v) is 2.99. The van der Waals surface area contributed by atoms with E-state index in [0.29, 0.717) is 18.6 Å². The van der Waals surface area contributed by atoms with Crippen LogP contribution in [0.15, 0.2) is 33.2 Å². The number of carbonyl (C=O) groups is 2. The van der Waals surface area contributed by atoms with Crippen LogP contribution in [0.3, 0.4) is 0 Å². The minimum absolute atomic E-state index is 0.157. The third-order valence-corrected chi connectivity index (χ3v) is 4.17. The van der Waals surface area contributed by atoms with Crippen LogP contribution in [0.4, 0.5) is 0 Å². The Labute approximate surface area is 134 Å². The molecule has 1 unspecified atom stereocenters. The first-order chi connectivity index (χ1) is 10.5. The standard InChI is InChI=1S/C15H14BrNO5/c16-10-1-2-11-9(5-10)6-12(22-11)14(20)17-15(7-13(18)19)3-4-21-8-15/h1-2,5-6H,3-4,7-8H2,(H,17,20)(H,18,19). The fourth-order valence-electron chi connectivity index (χ4n) is 2.61. The summed E-state index contributed by atoms with van der Waals surface area (Å²) in [4.78, 5) is 23.4. The molecule has 2 heterocycles. The van der Waals surface area contributed by atoms with Gasteiger partial charge < -0.3 is 19.6 Å². The van der Waals surface area contributed by atoms with E-state index in [1.807, 2.05) is 12.1 Å². The fraction of sp³-hybridized carbons (Fsp3) is 0.333. The predicted molar refractivity (Wildman–Crippen MR) is 81.8 cm³/mol. The van der Waals surface area contributed by atoms with Gasteiger partial charge in [0.2, 0.25) is 0 Å². The lowest BCUT2D eigenvalue weighted by molar-refractivity contribution is -0.138. The summed E-state index contributed by atoms with van der Waals surface area (Å²) < 4.78 is 11.7. The van der Waals surface area contributed by atoms with Crippen LogP contribution in [0.2, 0.25) is 0 Å². The molecule has 116 valence electrons. The van der Waals surface area contributed by atoms with E-state index >= 15 is 0 Å². The molecule has 0 aliphatic carbocycles. The highest BCUT2D eigenvalue weighted by atomic mass is 79.9. The molecule has 7 heteroatoms. The highest BCUT2D eigenvalue weighted by molar-refractivity contribution is 9.10. The molecule has 1 aromatic heterocycles. The number of carboxylic acid groups (broad SMARTS) is 1. The molecule has 0 spiro atoms. The van der Waals surface area contributed by atoms with Crippen LogP contribution in [-0.4, -0.2) is 35.7 Å². The number of halogens is 1. The summed E-state index contributed by atoms with van der Waals surface area (Å²) in [6, 6.07) is 7.08. The quantitative estimate of drug-likeness (QED) is 0.866. The number of hydrogen-bond acceptors (Lipinski definition) is 4. The number of carbonyl (C=O) groups excluding carboxylic acids is 1. The van der Waals surface area contributed by atoms with Crippen LogP contribution < -0.4 is 5.32 Å². The van der Waals surface area contributed by atoms with E-state index < -0.39 is 17.4 Å². The molecule has 0 radical (unpaired) electrons. The highest BCUT2D eigenvalue weighted by Crippen LogP contribution is 2.26. The number of rotatable bonds is 4. The Morgan fingerprint density at radius 3 is 2.86 bits per heavy atom. The summed E-state index contributed by atoms with van der Waals surface area (Å²) in [5, 5.41) is 12.6. The third kappa shape index (κ3) is 3.00. The van der Waals surface area contributed by atoms with E-state index in [1.165, 1.54) is 0 Å². The van der Waals surface area contributed by atoms with Gasteiger partial charge in [0.15, 0.2) is 5.76 Å². The summed E-state index contributed by atoms with van der Waals surface area (Å²) in [6.45, 7) is 0.622. The molecule has 2 aromatic rings. The molecule has 1 fully saturated rings. The number of ether oxygens (including phenoxy) is 1. The zero-order valence-corrected chi connectivity index (χ0v) is 13.2. The van der Waals surface area contributed by atoms with Crippen molar-refractivity contribution in [1.82, 2.24) is 5.32 Å². The molecule has 6 nitrogen and oxygen atoms in total. The summed E-state index contributed by atoms with van der Waals surface area (Å²) in [5.41, 5.74) is -0.272. The topological polar surface area (TPSA) is 88.8 Å². The summed E-state index contributed by atoms with van der Waals surface area (Å²) in [5.74, 6) is -1.25. The van der Waals surface area contributed by atoms with Crippen molar-refractivity contribution in [3.63, 3.8) is 0 Å². The number of furan rings is 1. The lowest BCUT2D eigenvalue weighted by Crippen LogP contribution is -2.50. The second-order valence-corrected chi connectivity index (χ2v) is 6.32. The van der Waals surface area contributed by atoms with Gasteiger partial charge in [0.25, 0.3) is 5.91 Å². The van der Waals surface area contributed by atoms with Crippen LogP contribution in [0, 0.1) is 0 Å². The van der Waals surface area contributed by atoms with Gasteiger partial charge >= 0.3 is 5.97 Å². The molecule has 1 aliphatic heterocycles. The first kappa shape index (κ1) is 15.1. The monoisotopic (exact) mass is 367 g/mol. The van der Waals surface area contributed by atoms with Gasteiger partial charge in [-0.2, -0.15) is 0 Å². The largest absolute Gasteiger partial charge is 0.481 e. The van der Waals surface area contributed by atoms with Crippen molar-refractivity contribution in [2.75, 3.05) is 13.2 Å². The van der Waals surface area contributed by atoms with Crippen molar-refractivity contribution in [2.24, 2.45) is 0 Å². The molecule has 1 aliphatic rings. The number of carboxylic acids is 1. The van der Waals surface area contributed by atoms with Gasteiger partial charge in [-0.15, -0.1) is 0 Å². The molecule has 2 N–H and O–H groups in total. The van der Waals surface area contributed by atoms with Gasteiger partial charge in [0.05, 0.1) is 18.6 Å². The number of nitrogens with one attached hydrogen (secondary N) is 1. The first-order valence-electron chi connectivity index (χ1n) is 6.79. The SMILES string of the molecule is O=C(O)CC1(NC(=O)c2cc3cc(Br)ccc3o2)CCOC1. The van der Waals surface area contributed by atoms with Gasteiger partial charge in [-0.05, 0) is 30.7 Å². The van der Waals surface area contributed by atoms with E-state index in [0.717, 1.165) is 9.86 Å². The molecular weight excluding hydrogens is 354 g/mol. The lowest BCUT2D eigenvalue weighted by atomic mass is 9.94. The second kappa shape index (κ2) is 5.73. The smallest absolute Gasteiger partial charge is 0.305 e. The minimum Gasteiger partial charge on any atom is -0.481 e. The number of amides is 1. The van der Waals surface area contributed by atoms with E-state index in [1.54, 1.807) is 12.1 Å². The Kier molecular flexibility index (Phi) is 3.92. The third-order valence-electron chi connectivity index (χ3n) is 3.67. The first-order valence-corrected chi connectivity index (χ1v) is 7.58. The summed E-state index contributed by atoms with van der Waals surface area (Å²) in [7, 11) is 0. The normalized spacial score (nSPS) is 21.1. The van der Waals surface area contributed by atoms with E-state index in [4.69, 9.17) is 14.3 Å². The Hall–Kier alpha value is -1.86. The maximum atomic E-state index is 12.4. The maximum absolute atomic E-state index is 12.4. The molecule has 22 heavy (non-hydrogen) atoms. The Balaban J connectivity index is 1.83. The molecular formula is C15H14BrNO5. The van der Waals surface area contributed by atoms with Crippen molar-refractivity contribution in [1.29, 1.82) is 0 Å². The van der Waals surface area contributed by atoms with Crippen LogP contribution in [-0.2, 0) is 9.53 Å². The molecule has 0 saturated carbocycles. The maximum Gasteiger partial charge on any atom is 0.305 e. The number of fused-ring (bicyclic) bond motifs is 1. The average molecular weight is 368 g/mol. The van der Waals surface area contributed by atoms with Gasteiger partial charge in [0, 0.05) is 16.5 Å². The van der Waals surface area contributed by atoms with Crippen molar-refractivity contribution < 1.29 is 23.8 Å². The molecule has 1 aromatic carbocycles. The summed E-state index contributed by atoms with van der Waals surface area (Å²) >= 11 is 3.36. The van der Waals surface area contributed by atoms with Crippen molar-refractivity contribution in [3.8, 4) is 0 Å². The zero-order chi connectivity index (χ0) is 15.7. The molecule has 3 rings (SSSR count). The number of aliphatic carboxylic acids is 1. The average Bonchev–Trinajstić information content (AvgIpc) is 3.04. The van der Waals surface area contributed by atoms with Crippen LogP contribution in [0.1, 0.15) is 23.4 Å². The van der Waals surface area contributed by atoms with Gasteiger partial charge in [-0.1, -0.05) is 15.9 Å². The second-order valence-electron chi connectivity index (χ2n) is 5.40. The van der Waals surface area contributed by atoms with Crippen molar-refractivity contribution in [2.45, 2.75) is 18.4 Å². The Morgan fingerprint density at radius 2 is 2.18 bits per heavy atom. The highest BCUT2D eigenvalue weighted by Gasteiger charge is 2.39.